The standard InChI is InChI=1S/C20H11F3N6O2/c21-20(22,23)16-7-5-12(9-24-16)11-4-6-15-13(8-11)19(30)27-17-3-1-2-14(26-17)18-28-25-10-29(18)31-15/h1-10H,(H,26,27,30). The lowest BCUT2D eigenvalue weighted by atomic mass is 10.0. The zero-order chi connectivity index (χ0) is 21.6. The number of pyridine rings is 2. The number of benzene rings is 1. The van der Waals surface area contributed by atoms with E-state index >= 15 is 0 Å². The maximum absolute atomic E-state index is 12.9. The summed E-state index contributed by atoms with van der Waals surface area (Å²) in [5.41, 5.74) is 0.493. The lowest BCUT2D eigenvalue weighted by molar-refractivity contribution is -0.141. The van der Waals surface area contributed by atoms with Gasteiger partial charge in [-0.15, -0.1) is 14.9 Å². The van der Waals surface area contributed by atoms with E-state index in [2.05, 4.69) is 25.5 Å². The van der Waals surface area contributed by atoms with E-state index in [1.807, 2.05) is 0 Å². The zero-order valence-corrected chi connectivity index (χ0v) is 15.5. The van der Waals surface area contributed by atoms with E-state index < -0.39 is 17.8 Å². The maximum atomic E-state index is 12.9. The first kappa shape index (κ1) is 18.7. The topological polar surface area (TPSA) is 94.8 Å². The molecule has 0 saturated heterocycles. The van der Waals surface area contributed by atoms with Crippen LogP contribution in [0.2, 0.25) is 0 Å². The third kappa shape index (κ3) is 3.45. The molecule has 4 aromatic rings. The maximum Gasteiger partial charge on any atom is 0.433 e. The lowest BCUT2D eigenvalue weighted by Crippen LogP contribution is -2.18. The fourth-order valence-electron chi connectivity index (χ4n) is 3.07. The predicted molar refractivity (Wildman–Crippen MR) is 102 cm³/mol. The molecule has 0 fully saturated rings. The Morgan fingerprint density at radius 3 is 2.65 bits per heavy atom. The molecule has 1 aliphatic heterocycles. The third-order valence-corrected chi connectivity index (χ3v) is 4.55. The number of fused-ring (bicyclic) bond motifs is 5. The van der Waals surface area contributed by atoms with Crippen LogP contribution in [-0.4, -0.2) is 30.8 Å². The van der Waals surface area contributed by atoms with Crippen LogP contribution in [0.1, 0.15) is 16.1 Å². The molecule has 0 unspecified atom stereocenters. The summed E-state index contributed by atoms with van der Waals surface area (Å²) in [6, 6.07) is 11.8. The normalized spacial score (nSPS) is 12.9. The van der Waals surface area contributed by atoms with Crippen LogP contribution >= 0.6 is 0 Å². The molecule has 0 saturated carbocycles. The van der Waals surface area contributed by atoms with Crippen LogP contribution in [0.15, 0.2) is 61.1 Å². The van der Waals surface area contributed by atoms with Gasteiger partial charge in [-0.05, 0) is 35.9 Å². The number of hydrogen-bond donors (Lipinski definition) is 1. The monoisotopic (exact) mass is 424 g/mol. The van der Waals surface area contributed by atoms with E-state index in [0.717, 1.165) is 12.3 Å². The summed E-state index contributed by atoms with van der Waals surface area (Å²) < 4.78 is 39.6. The highest BCUT2D eigenvalue weighted by Gasteiger charge is 2.32. The molecule has 31 heavy (non-hydrogen) atoms. The number of amides is 1. The van der Waals surface area contributed by atoms with Crippen molar-refractivity contribution in [2.45, 2.75) is 6.18 Å². The van der Waals surface area contributed by atoms with Crippen molar-refractivity contribution in [2.24, 2.45) is 0 Å². The number of anilines is 1. The quantitative estimate of drug-likeness (QED) is 0.499. The van der Waals surface area contributed by atoms with Gasteiger partial charge in [-0.25, -0.2) is 4.98 Å². The van der Waals surface area contributed by atoms with Crippen LogP contribution in [-0.2, 0) is 6.18 Å². The Balaban J connectivity index is 1.59. The number of nitrogens with one attached hydrogen (secondary N) is 1. The van der Waals surface area contributed by atoms with Crippen molar-refractivity contribution in [3.8, 4) is 28.4 Å². The Morgan fingerprint density at radius 2 is 1.87 bits per heavy atom. The molecule has 1 aliphatic rings. The van der Waals surface area contributed by atoms with Crippen LogP contribution in [0.25, 0.3) is 22.6 Å². The Bertz CT molecular complexity index is 1300. The largest absolute Gasteiger partial charge is 0.433 e. The van der Waals surface area contributed by atoms with E-state index in [9.17, 15) is 18.0 Å². The molecule has 1 N–H and O–H groups in total. The van der Waals surface area contributed by atoms with Crippen molar-refractivity contribution < 1.29 is 22.8 Å². The summed E-state index contributed by atoms with van der Waals surface area (Å²) in [6.45, 7) is 0. The molecule has 1 aromatic carbocycles. The minimum Gasteiger partial charge on any atom is -0.371 e. The summed E-state index contributed by atoms with van der Waals surface area (Å²) in [5.74, 6) is 0.330. The average Bonchev–Trinajstić information content (AvgIpc) is 3.21. The minimum atomic E-state index is -4.53. The Kier molecular flexibility index (Phi) is 4.17. The van der Waals surface area contributed by atoms with E-state index in [4.69, 9.17) is 4.84 Å². The summed E-state index contributed by atoms with van der Waals surface area (Å²) >= 11 is 0. The molecule has 2 bridgehead atoms. The predicted octanol–water partition coefficient (Wildman–Crippen LogP) is 3.83. The Hall–Kier alpha value is -4.28. The van der Waals surface area contributed by atoms with E-state index in [0.29, 0.717) is 28.5 Å². The number of nitrogens with zero attached hydrogens (tertiary/aromatic N) is 5. The van der Waals surface area contributed by atoms with E-state index in [1.165, 1.54) is 29.3 Å². The molecule has 154 valence electrons. The van der Waals surface area contributed by atoms with Crippen molar-refractivity contribution in [3.63, 3.8) is 0 Å². The molecular weight excluding hydrogens is 413 g/mol. The zero-order valence-electron chi connectivity index (χ0n) is 15.5. The smallest absolute Gasteiger partial charge is 0.371 e. The van der Waals surface area contributed by atoms with Gasteiger partial charge in [-0.2, -0.15) is 13.2 Å². The lowest BCUT2D eigenvalue weighted by Gasteiger charge is -2.16. The highest BCUT2D eigenvalue weighted by molar-refractivity contribution is 6.06. The molecule has 0 atom stereocenters. The van der Waals surface area contributed by atoms with Gasteiger partial charge >= 0.3 is 6.18 Å². The fraction of sp³-hybridized carbons (Fsp3) is 0.0500. The van der Waals surface area contributed by atoms with Crippen molar-refractivity contribution in [1.82, 2.24) is 24.9 Å². The second kappa shape index (κ2) is 6.90. The molecule has 0 spiro atoms. The van der Waals surface area contributed by atoms with Crippen LogP contribution in [0.5, 0.6) is 5.75 Å². The number of carbonyl (C=O) groups excluding carboxylic acids is 1. The molecule has 3 aromatic heterocycles. The first-order valence-corrected chi connectivity index (χ1v) is 8.93. The van der Waals surface area contributed by atoms with Crippen molar-refractivity contribution >= 4 is 11.7 Å². The fourth-order valence-corrected chi connectivity index (χ4v) is 3.07. The van der Waals surface area contributed by atoms with Crippen LogP contribution < -0.4 is 10.2 Å². The van der Waals surface area contributed by atoms with Crippen LogP contribution in [0.3, 0.4) is 0 Å². The highest BCUT2D eigenvalue weighted by Crippen LogP contribution is 2.32. The Labute approximate surface area is 172 Å². The molecule has 0 aliphatic carbocycles. The van der Waals surface area contributed by atoms with Gasteiger partial charge in [-0.3, -0.25) is 9.78 Å². The van der Waals surface area contributed by atoms with Crippen LogP contribution in [0, 0.1) is 0 Å². The summed E-state index contributed by atoms with van der Waals surface area (Å²) in [6.07, 6.45) is -2.10. The number of aromatic nitrogens is 5. The number of alkyl halides is 3. The van der Waals surface area contributed by atoms with Crippen molar-refractivity contribution in [1.29, 1.82) is 0 Å². The van der Waals surface area contributed by atoms with Gasteiger partial charge in [-0.1, -0.05) is 18.2 Å². The van der Waals surface area contributed by atoms with Gasteiger partial charge in [0.15, 0.2) is 12.1 Å². The van der Waals surface area contributed by atoms with Crippen molar-refractivity contribution in [2.75, 3.05) is 5.32 Å². The van der Waals surface area contributed by atoms with Gasteiger partial charge in [0.1, 0.15) is 17.2 Å². The number of hydrogen-bond acceptors (Lipinski definition) is 6. The summed E-state index contributed by atoms with van der Waals surface area (Å²) in [7, 11) is 0. The number of rotatable bonds is 1. The number of halogens is 3. The molecule has 5 rings (SSSR count). The van der Waals surface area contributed by atoms with Gasteiger partial charge in [0.25, 0.3) is 5.91 Å². The van der Waals surface area contributed by atoms with Gasteiger partial charge in [0, 0.05) is 11.8 Å². The first-order valence-electron chi connectivity index (χ1n) is 8.93. The van der Waals surface area contributed by atoms with Crippen LogP contribution in [0.4, 0.5) is 19.0 Å². The highest BCUT2D eigenvalue weighted by atomic mass is 19.4. The van der Waals surface area contributed by atoms with Gasteiger partial charge < -0.3 is 10.2 Å². The number of carbonyl (C=O) groups is 1. The van der Waals surface area contributed by atoms with Crippen molar-refractivity contribution in [3.05, 3.63) is 72.3 Å². The molecule has 1 amide bonds. The molecule has 11 heteroatoms. The average molecular weight is 424 g/mol. The molecular formula is C20H11F3N6O2. The second-order valence-corrected chi connectivity index (χ2v) is 6.57. The van der Waals surface area contributed by atoms with Gasteiger partial charge in [0.05, 0.1) is 5.56 Å². The van der Waals surface area contributed by atoms with E-state index in [-0.39, 0.29) is 11.3 Å². The Morgan fingerprint density at radius 1 is 1.03 bits per heavy atom. The SMILES string of the molecule is O=C1Nc2cccc(n2)-c2nncn2Oc2ccc(-c3ccc(C(F)(F)F)nc3)cc21. The van der Waals surface area contributed by atoms with Gasteiger partial charge in [0.2, 0.25) is 5.82 Å². The summed E-state index contributed by atoms with van der Waals surface area (Å²) in [4.78, 5) is 26.5. The first-order chi connectivity index (χ1) is 14.9. The minimum absolute atomic E-state index is 0.145. The molecule has 0 radical (unpaired) electrons. The second-order valence-electron chi connectivity index (χ2n) is 6.57. The third-order valence-electron chi connectivity index (χ3n) is 4.55. The summed E-state index contributed by atoms with van der Waals surface area (Å²) in [5, 5.41) is 10.5. The van der Waals surface area contributed by atoms with E-state index in [1.54, 1.807) is 24.3 Å². The molecule has 4 heterocycles. The molecule has 8 nitrogen and oxygen atoms in total.